The molecule has 2 aromatic rings. The fourth-order valence-corrected chi connectivity index (χ4v) is 1.17. The number of rotatable bonds is 0. The van der Waals surface area contributed by atoms with Crippen LogP contribution >= 0.6 is 11.6 Å². The predicted octanol–water partition coefficient (Wildman–Crippen LogP) is 1.03. The molecule has 2 rings (SSSR count). The molecule has 5 nitrogen and oxygen atoms in total. The highest BCUT2D eigenvalue weighted by Crippen LogP contribution is 2.26. The summed E-state index contributed by atoms with van der Waals surface area (Å²) in [5.74, 6) is -0.0993. The van der Waals surface area contributed by atoms with Crippen molar-refractivity contribution in [2.45, 2.75) is 0 Å². The molecule has 0 aliphatic heterocycles. The van der Waals surface area contributed by atoms with E-state index in [-0.39, 0.29) is 16.8 Å². The van der Waals surface area contributed by atoms with Gasteiger partial charge in [0, 0.05) is 11.1 Å². The van der Waals surface area contributed by atoms with Crippen LogP contribution in [0.4, 0.5) is 0 Å². The Balaban J connectivity index is 2.92. The van der Waals surface area contributed by atoms with E-state index in [1.54, 1.807) is 0 Å². The van der Waals surface area contributed by atoms with E-state index in [9.17, 15) is 5.11 Å². The summed E-state index contributed by atoms with van der Waals surface area (Å²) in [7, 11) is 0. The van der Waals surface area contributed by atoms with Crippen molar-refractivity contribution >= 4 is 22.6 Å². The lowest BCUT2D eigenvalue weighted by atomic mass is 10.3. The number of benzene rings is 1. The summed E-state index contributed by atoms with van der Waals surface area (Å²) in [6.07, 6.45) is 0. The molecule has 0 spiro atoms. The van der Waals surface area contributed by atoms with Crippen molar-refractivity contribution in [3.05, 3.63) is 17.2 Å². The van der Waals surface area contributed by atoms with Crippen molar-refractivity contribution in [3.63, 3.8) is 0 Å². The van der Waals surface area contributed by atoms with E-state index < -0.39 is 0 Å². The molecule has 6 heteroatoms. The Morgan fingerprint density at radius 3 is 2.92 bits per heavy atom. The van der Waals surface area contributed by atoms with Gasteiger partial charge in [-0.05, 0) is 11.3 Å². The molecular weight excluding hydrogens is 182 g/mol. The van der Waals surface area contributed by atoms with E-state index in [2.05, 4.69) is 10.3 Å². The van der Waals surface area contributed by atoms with Gasteiger partial charge in [0.2, 0.25) is 0 Å². The molecule has 0 saturated carbocycles. The number of phenolic OH excluding ortho intramolecular Hbond substituents is 1. The molecule has 1 aromatic carbocycles. The van der Waals surface area contributed by atoms with Gasteiger partial charge in [0.25, 0.3) is 0 Å². The number of halogens is 1. The van der Waals surface area contributed by atoms with E-state index >= 15 is 0 Å². The molecule has 0 aliphatic rings. The van der Waals surface area contributed by atoms with Crippen LogP contribution in [0.2, 0.25) is 5.02 Å². The second kappa shape index (κ2) is 2.25. The topological polar surface area (TPSA) is 71.2 Å². The number of phenols is 1. The second-order valence-corrected chi connectivity index (χ2v) is 2.71. The molecule has 0 bridgehead atoms. The molecular formula is C6H4ClN3O2. The highest BCUT2D eigenvalue weighted by molar-refractivity contribution is 6.31. The number of aromatic hydroxyl groups is 1. The van der Waals surface area contributed by atoms with Crippen LogP contribution in [0.25, 0.3) is 11.0 Å². The normalized spacial score (nSPS) is 10.8. The third kappa shape index (κ3) is 0.868. The molecule has 2 N–H and O–H groups in total. The van der Waals surface area contributed by atoms with Gasteiger partial charge in [-0.2, -0.15) is 0 Å². The smallest absolute Gasteiger partial charge is 0.158 e. The lowest BCUT2D eigenvalue weighted by Gasteiger charge is -1.94. The van der Waals surface area contributed by atoms with E-state index in [4.69, 9.17) is 16.8 Å². The summed E-state index contributed by atoms with van der Waals surface area (Å²) in [5, 5.41) is 25.4. The maximum atomic E-state index is 9.25. The molecule has 0 saturated heterocycles. The van der Waals surface area contributed by atoms with Gasteiger partial charge in [-0.3, -0.25) is 0 Å². The first-order valence-electron chi connectivity index (χ1n) is 3.11. The van der Waals surface area contributed by atoms with Gasteiger partial charge in [0.1, 0.15) is 11.3 Å². The minimum atomic E-state index is -0.0993. The van der Waals surface area contributed by atoms with Crippen LogP contribution in [-0.2, 0) is 0 Å². The highest BCUT2D eigenvalue weighted by Gasteiger charge is 2.08. The molecule has 62 valence electrons. The third-order valence-corrected chi connectivity index (χ3v) is 1.70. The zero-order valence-electron chi connectivity index (χ0n) is 5.77. The molecule has 0 amide bonds. The first-order valence-corrected chi connectivity index (χ1v) is 3.49. The fraction of sp³-hybridized carbons (Fsp3) is 0. The molecule has 0 aliphatic carbocycles. The monoisotopic (exact) mass is 185 g/mol. The Labute approximate surface area is 71.8 Å². The van der Waals surface area contributed by atoms with Gasteiger partial charge in [-0.25, -0.2) is 0 Å². The van der Waals surface area contributed by atoms with Crippen molar-refractivity contribution in [1.29, 1.82) is 0 Å². The largest absolute Gasteiger partial charge is 0.505 e. The third-order valence-electron chi connectivity index (χ3n) is 1.48. The average Bonchev–Trinajstić information content (AvgIpc) is 2.33. The minimum Gasteiger partial charge on any atom is -0.505 e. The zero-order chi connectivity index (χ0) is 8.72. The Hall–Kier alpha value is -1.49. The van der Waals surface area contributed by atoms with Gasteiger partial charge in [-0.1, -0.05) is 16.4 Å². The van der Waals surface area contributed by atoms with Crippen molar-refractivity contribution in [2.24, 2.45) is 0 Å². The summed E-state index contributed by atoms with van der Waals surface area (Å²) in [6.45, 7) is 0. The summed E-state index contributed by atoms with van der Waals surface area (Å²) >= 11 is 5.61. The molecule has 0 radical (unpaired) electrons. The molecule has 1 aromatic heterocycles. The van der Waals surface area contributed by atoms with E-state index in [0.29, 0.717) is 9.87 Å². The van der Waals surface area contributed by atoms with Gasteiger partial charge in [0.05, 0.1) is 0 Å². The highest BCUT2D eigenvalue weighted by atomic mass is 35.5. The van der Waals surface area contributed by atoms with Gasteiger partial charge < -0.3 is 10.3 Å². The van der Waals surface area contributed by atoms with Crippen LogP contribution in [0.3, 0.4) is 0 Å². The standard InChI is InChI=1S/C6H4ClN3O2/c7-3-1-4-6(5(11)2-3)8-9-10(4)12/h1-2,11-12H. The van der Waals surface area contributed by atoms with Crippen LogP contribution in [0.1, 0.15) is 0 Å². The van der Waals surface area contributed by atoms with Crippen LogP contribution in [-0.4, -0.2) is 25.5 Å². The molecule has 0 atom stereocenters. The van der Waals surface area contributed by atoms with Gasteiger partial charge >= 0.3 is 0 Å². The van der Waals surface area contributed by atoms with Crippen LogP contribution in [0.15, 0.2) is 12.1 Å². The predicted molar refractivity (Wildman–Crippen MR) is 41.4 cm³/mol. The van der Waals surface area contributed by atoms with E-state index in [1.165, 1.54) is 12.1 Å². The Bertz CT molecular complexity index is 440. The average molecular weight is 186 g/mol. The maximum Gasteiger partial charge on any atom is 0.158 e. The summed E-state index contributed by atoms with van der Waals surface area (Å²) in [5.41, 5.74) is 0.502. The molecule has 0 fully saturated rings. The van der Waals surface area contributed by atoms with Crippen LogP contribution in [0, 0.1) is 0 Å². The Morgan fingerprint density at radius 1 is 1.42 bits per heavy atom. The first kappa shape index (κ1) is 7.17. The molecule has 12 heavy (non-hydrogen) atoms. The van der Waals surface area contributed by atoms with E-state index in [1.807, 2.05) is 0 Å². The molecule has 0 unspecified atom stereocenters. The number of nitrogens with zero attached hydrogens (tertiary/aromatic N) is 3. The second-order valence-electron chi connectivity index (χ2n) is 2.27. The van der Waals surface area contributed by atoms with Crippen molar-refractivity contribution < 1.29 is 10.3 Å². The quantitative estimate of drug-likeness (QED) is 0.602. The lowest BCUT2D eigenvalue weighted by Crippen LogP contribution is -1.91. The maximum absolute atomic E-state index is 9.25. The lowest BCUT2D eigenvalue weighted by molar-refractivity contribution is 0.155. The fourth-order valence-electron chi connectivity index (χ4n) is 0.961. The SMILES string of the molecule is Oc1cc(Cl)cc2c1nnn2O. The summed E-state index contributed by atoms with van der Waals surface area (Å²) in [6, 6.07) is 2.79. The number of hydrogen-bond acceptors (Lipinski definition) is 4. The minimum absolute atomic E-state index is 0.0993. The van der Waals surface area contributed by atoms with E-state index in [0.717, 1.165) is 0 Å². The summed E-state index contributed by atoms with van der Waals surface area (Å²) < 4.78 is 0. The van der Waals surface area contributed by atoms with Crippen molar-refractivity contribution in [3.8, 4) is 5.75 Å². The van der Waals surface area contributed by atoms with Crippen molar-refractivity contribution in [1.82, 2.24) is 15.2 Å². The van der Waals surface area contributed by atoms with Gasteiger partial charge in [-0.15, -0.1) is 5.10 Å². The number of hydrogen-bond donors (Lipinski definition) is 2. The zero-order valence-corrected chi connectivity index (χ0v) is 6.52. The Morgan fingerprint density at radius 2 is 2.17 bits per heavy atom. The number of fused-ring (bicyclic) bond motifs is 1. The first-order chi connectivity index (χ1) is 5.68. The van der Waals surface area contributed by atoms with Crippen LogP contribution < -0.4 is 0 Å². The van der Waals surface area contributed by atoms with Gasteiger partial charge in [0.15, 0.2) is 5.52 Å². The molecule has 1 heterocycles. The Kier molecular flexibility index (Phi) is 1.34. The number of aromatic nitrogens is 3. The summed E-state index contributed by atoms with van der Waals surface area (Å²) in [4.78, 5) is 0.556. The van der Waals surface area contributed by atoms with Crippen LogP contribution in [0.5, 0.6) is 5.75 Å². The van der Waals surface area contributed by atoms with Crippen molar-refractivity contribution in [2.75, 3.05) is 0 Å².